The fourth-order valence-corrected chi connectivity index (χ4v) is 4.08. The van der Waals surface area contributed by atoms with Crippen LogP contribution >= 0.6 is 0 Å². The van der Waals surface area contributed by atoms with Gasteiger partial charge in [0.15, 0.2) is 0 Å². The molecule has 1 N–H and O–H groups in total. The molecule has 0 saturated heterocycles. The molecule has 0 radical (unpaired) electrons. The number of rotatable bonds is 7. The minimum Gasteiger partial charge on any atom is -0.497 e. The van der Waals surface area contributed by atoms with Crippen LogP contribution in [0.4, 0.5) is 5.69 Å². The number of aromatic nitrogens is 2. The predicted molar refractivity (Wildman–Crippen MR) is 126 cm³/mol. The molecular formula is C25H28N4O4. The SMILES string of the molecule is COc1cc(NC(=O)Cn2c(C)nc3c(c2=O)CN(Cc2ccccc2)CC3)cc(OC)c1. The van der Waals surface area contributed by atoms with Crippen LogP contribution in [0.2, 0.25) is 0 Å². The maximum absolute atomic E-state index is 13.3. The van der Waals surface area contributed by atoms with Gasteiger partial charge in [-0.1, -0.05) is 30.3 Å². The van der Waals surface area contributed by atoms with Crippen LogP contribution in [0.25, 0.3) is 0 Å². The van der Waals surface area contributed by atoms with Crippen molar-refractivity contribution < 1.29 is 14.3 Å². The van der Waals surface area contributed by atoms with Crippen LogP contribution in [-0.4, -0.2) is 41.1 Å². The van der Waals surface area contributed by atoms with E-state index in [4.69, 9.17) is 9.47 Å². The van der Waals surface area contributed by atoms with Gasteiger partial charge in [0.2, 0.25) is 5.91 Å². The highest BCUT2D eigenvalue weighted by atomic mass is 16.5. The molecule has 0 spiro atoms. The van der Waals surface area contributed by atoms with Crippen molar-refractivity contribution in [3.05, 3.63) is 81.5 Å². The van der Waals surface area contributed by atoms with E-state index in [0.29, 0.717) is 35.1 Å². The number of aryl methyl sites for hydroxylation is 1. The summed E-state index contributed by atoms with van der Waals surface area (Å²) < 4.78 is 11.9. The third kappa shape index (κ3) is 5.23. The minimum atomic E-state index is -0.325. The Balaban J connectivity index is 1.52. The Labute approximate surface area is 192 Å². The largest absolute Gasteiger partial charge is 0.497 e. The normalized spacial score (nSPS) is 13.3. The van der Waals surface area contributed by atoms with Crippen molar-refractivity contribution in [3.63, 3.8) is 0 Å². The average molecular weight is 449 g/mol. The zero-order valence-corrected chi connectivity index (χ0v) is 19.1. The molecule has 8 heteroatoms. The summed E-state index contributed by atoms with van der Waals surface area (Å²) >= 11 is 0. The standard InChI is InChI=1S/C25H28N4O4/c1-17-26-23-9-10-28(14-18-7-5-4-6-8-18)15-22(23)25(31)29(17)16-24(30)27-19-11-20(32-2)13-21(12-19)33-3/h4-8,11-13H,9-10,14-16H2,1-3H3,(H,27,30). The molecule has 0 unspecified atom stereocenters. The van der Waals surface area contributed by atoms with Crippen molar-refractivity contribution in [1.82, 2.24) is 14.5 Å². The number of nitrogens with one attached hydrogen (secondary N) is 1. The molecule has 4 rings (SSSR count). The third-order valence-corrected chi connectivity index (χ3v) is 5.77. The Morgan fingerprint density at radius 3 is 2.45 bits per heavy atom. The van der Waals surface area contributed by atoms with Gasteiger partial charge < -0.3 is 14.8 Å². The smallest absolute Gasteiger partial charge is 0.258 e. The van der Waals surface area contributed by atoms with Crippen LogP contribution in [0, 0.1) is 6.92 Å². The quantitative estimate of drug-likeness (QED) is 0.598. The van der Waals surface area contributed by atoms with E-state index in [1.165, 1.54) is 10.1 Å². The molecule has 1 aliphatic heterocycles. The van der Waals surface area contributed by atoms with Crippen molar-refractivity contribution in [2.24, 2.45) is 0 Å². The van der Waals surface area contributed by atoms with Gasteiger partial charge in [-0.3, -0.25) is 19.1 Å². The van der Waals surface area contributed by atoms with E-state index in [-0.39, 0.29) is 18.0 Å². The molecule has 8 nitrogen and oxygen atoms in total. The highest BCUT2D eigenvalue weighted by Gasteiger charge is 2.23. The molecule has 172 valence electrons. The van der Waals surface area contributed by atoms with Crippen LogP contribution in [0.15, 0.2) is 53.3 Å². The molecule has 0 fully saturated rings. The lowest BCUT2D eigenvalue weighted by atomic mass is 10.1. The summed E-state index contributed by atoms with van der Waals surface area (Å²) in [6.45, 7) is 3.77. The van der Waals surface area contributed by atoms with Crippen molar-refractivity contribution in [2.45, 2.75) is 33.0 Å². The number of fused-ring (bicyclic) bond motifs is 1. The van der Waals surface area contributed by atoms with Gasteiger partial charge in [-0.2, -0.15) is 0 Å². The number of carbonyl (C=O) groups is 1. The molecule has 1 amide bonds. The number of hydrogen-bond donors (Lipinski definition) is 1. The topological polar surface area (TPSA) is 85.7 Å². The van der Waals surface area contributed by atoms with Crippen LogP contribution in [-0.2, 0) is 30.8 Å². The first-order chi connectivity index (χ1) is 16.0. The van der Waals surface area contributed by atoms with E-state index in [0.717, 1.165) is 25.2 Å². The van der Waals surface area contributed by atoms with E-state index in [2.05, 4.69) is 27.3 Å². The molecule has 0 saturated carbocycles. The second-order valence-corrected chi connectivity index (χ2v) is 8.07. The second-order valence-electron chi connectivity index (χ2n) is 8.07. The van der Waals surface area contributed by atoms with Gasteiger partial charge in [-0.15, -0.1) is 0 Å². The van der Waals surface area contributed by atoms with Crippen LogP contribution < -0.4 is 20.3 Å². The third-order valence-electron chi connectivity index (χ3n) is 5.77. The highest BCUT2D eigenvalue weighted by molar-refractivity contribution is 5.91. The maximum Gasteiger partial charge on any atom is 0.258 e. The summed E-state index contributed by atoms with van der Waals surface area (Å²) in [5, 5.41) is 2.82. The lowest BCUT2D eigenvalue weighted by molar-refractivity contribution is -0.116. The molecule has 33 heavy (non-hydrogen) atoms. The van der Waals surface area contributed by atoms with Crippen molar-refractivity contribution >= 4 is 11.6 Å². The number of amides is 1. The Bertz CT molecular complexity index is 1180. The summed E-state index contributed by atoms with van der Waals surface area (Å²) in [5.74, 6) is 1.33. The number of anilines is 1. The molecular weight excluding hydrogens is 420 g/mol. The lowest BCUT2D eigenvalue weighted by Crippen LogP contribution is -2.39. The first-order valence-electron chi connectivity index (χ1n) is 10.8. The monoisotopic (exact) mass is 448 g/mol. The van der Waals surface area contributed by atoms with Gasteiger partial charge in [0.25, 0.3) is 5.56 Å². The summed E-state index contributed by atoms with van der Waals surface area (Å²) in [7, 11) is 3.09. The highest BCUT2D eigenvalue weighted by Crippen LogP contribution is 2.25. The van der Waals surface area contributed by atoms with Crippen LogP contribution in [0.3, 0.4) is 0 Å². The summed E-state index contributed by atoms with van der Waals surface area (Å²) in [4.78, 5) is 33.0. The van der Waals surface area contributed by atoms with E-state index in [1.807, 2.05) is 18.2 Å². The number of hydrogen-bond acceptors (Lipinski definition) is 6. The summed E-state index contributed by atoms with van der Waals surface area (Å²) in [6, 6.07) is 15.3. The molecule has 0 atom stereocenters. The Hall–Kier alpha value is -3.65. The van der Waals surface area contributed by atoms with E-state index in [9.17, 15) is 9.59 Å². The van der Waals surface area contributed by atoms with Crippen molar-refractivity contribution in [2.75, 3.05) is 26.1 Å². The molecule has 1 aromatic heterocycles. The van der Waals surface area contributed by atoms with Crippen LogP contribution in [0.1, 0.15) is 22.6 Å². The maximum atomic E-state index is 13.3. The van der Waals surface area contributed by atoms with E-state index in [1.54, 1.807) is 39.3 Å². The van der Waals surface area contributed by atoms with Gasteiger partial charge in [0.05, 0.1) is 25.5 Å². The number of methoxy groups -OCH3 is 2. The minimum absolute atomic E-state index is 0.122. The van der Waals surface area contributed by atoms with E-state index >= 15 is 0 Å². The molecule has 2 aromatic carbocycles. The fourth-order valence-electron chi connectivity index (χ4n) is 4.08. The number of carbonyl (C=O) groups excluding carboxylic acids is 1. The lowest BCUT2D eigenvalue weighted by Gasteiger charge is -2.28. The van der Waals surface area contributed by atoms with Crippen molar-refractivity contribution in [3.8, 4) is 11.5 Å². The van der Waals surface area contributed by atoms with Crippen molar-refractivity contribution in [1.29, 1.82) is 0 Å². The number of ether oxygens (including phenoxy) is 2. The van der Waals surface area contributed by atoms with E-state index < -0.39 is 0 Å². The van der Waals surface area contributed by atoms with Gasteiger partial charge in [-0.25, -0.2) is 4.98 Å². The molecule has 3 aromatic rings. The summed E-state index contributed by atoms with van der Waals surface area (Å²) in [5.41, 5.74) is 3.07. The van der Waals surface area contributed by atoms with Crippen LogP contribution in [0.5, 0.6) is 11.5 Å². The molecule has 0 bridgehead atoms. The van der Waals surface area contributed by atoms with Gasteiger partial charge in [0.1, 0.15) is 23.9 Å². The summed E-state index contributed by atoms with van der Waals surface area (Å²) in [6.07, 6.45) is 0.717. The Morgan fingerprint density at radius 1 is 1.09 bits per heavy atom. The fraction of sp³-hybridized carbons (Fsp3) is 0.320. The first kappa shape index (κ1) is 22.5. The molecule has 1 aliphatic rings. The Kier molecular flexibility index (Phi) is 6.74. The number of benzene rings is 2. The predicted octanol–water partition coefficient (Wildman–Crippen LogP) is 2.77. The van der Waals surface area contributed by atoms with Gasteiger partial charge in [-0.05, 0) is 12.5 Å². The van der Waals surface area contributed by atoms with Gasteiger partial charge in [0, 0.05) is 49.9 Å². The second kappa shape index (κ2) is 9.87. The van der Waals surface area contributed by atoms with Gasteiger partial charge >= 0.3 is 0 Å². The zero-order chi connectivity index (χ0) is 23.4. The zero-order valence-electron chi connectivity index (χ0n) is 19.1. The first-order valence-corrected chi connectivity index (χ1v) is 10.8. The molecule has 2 heterocycles. The number of nitrogens with zero attached hydrogens (tertiary/aromatic N) is 3. The Morgan fingerprint density at radius 2 is 1.79 bits per heavy atom. The average Bonchev–Trinajstić information content (AvgIpc) is 2.82. The molecule has 0 aliphatic carbocycles.